The van der Waals surface area contributed by atoms with Crippen LogP contribution in [0.25, 0.3) is 0 Å². The molecule has 1 aromatic heterocycles. The molecular formula is C16H18ClN2O+. The summed E-state index contributed by atoms with van der Waals surface area (Å²) in [6.45, 7) is 2.43. The zero-order valence-corrected chi connectivity index (χ0v) is 12.2. The predicted octanol–water partition coefficient (Wildman–Crippen LogP) is 3.22. The zero-order chi connectivity index (χ0) is 14.4. The SMILES string of the molecule is CCCc1cc[n+](CC(=O)Nc2ccccc2Cl)cc1. The zero-order valence-electron chi connectivity index (χ0n) is 11.5. The Bertz CT molecular complexity index is 581. The molecule has 1 aromatic carbocycles. The smallest absolute Gasteiger partial charge is 0.290 e. The van der Waals surface area contributed by atoms with Gasteiger partial charge >= 0.3 is 0 Å². The molecule has 104 valence electrons. The molecule has 4 heteroatoms. The lowest BCUT2D eigenvalue weighted by molar-refractivity contribution is -0.684. The highest BCUT2D eigenvalue weighted by molar-refractivity contribution is 6.33. The van der Waals surface area contributed by atoms with Crippen molar-refractivity contribution >= 4 is 23.2 Å². The minimum atomic E-state index is -0.0914. The molecule has 0 aliphatic rings. The number of para-hydroxylation sites is 1. The van der Waals surface area contributed by atoms with E-state index in [0.717, 1.165) is 12.8 Å². The van der Waals surface area contributed by atoms with Gasteiger partial charge in [0, 0.05) is 12.1 Å². The van der Waals surface area contributed by atoms with Crippen LogP contribution in [0.3, 0.4) is 0 Å². The maximum atomic E-state index is 12.0. The molecule has 0 saturated heterocycles. The van der Waals surface area contributed by atoms with Gasteiger partial charge in [0.25, 0.3) is 5.91 Å². The molecular weight excluding hydrogens is 272 g/mol. The fourth-order valence-electron chi connectivity index (χ4n) is 1.97. The molecule has 0 spiro atoms. The average Bonchev–Trinajstić information content (AvgIpc) is 2.44. The first-order valence-corrected chi connectivity index (χ1v) is 7.09. The third kappa shape index (κ3) is 4.07. The van der Waals surface area contributed by atoms with Crippen LogP contribution in [0, 0.1) is 0 Å². The number of aromatic nitrogens is 1. The van der Waals surface area contributed by atoms with E-state index in [9.17, 15) is 4.79 Å². The van der Waals surface area contributed by atoms with Crippen LogP contribution in [0.4, 0.5) is 5.69 Å². The number of aryl methyl sites for hydroxylation is 1. The molecule has 0 unspecified atom stereocenters. The van der Waals surface area contributed by atoms with E-state index in [1.165, 1.54) is 5.56 Å². The molecule has 0 aliphatic heterocycles. The maximum absolute atomic E-state index is 12.0. The Kier molecular flexibility index (Phi) is 5.13. The number of benzene rings is 1. The molecule has 1 amide bonds. The van der Waals surface area contributed by atoms with Crippen molar-refractivity contribution in [2.75, 3.05) is 5.32 Å². The lowest BCUT2D eigenvalue weighted by atomic mass is 10.2. The van der Waals surface area contributed by atoms with Crippen LogP contribution in [-0.4, -0.2) is 5.91 Å². The monoisotopic (exact) mass is 289 g/mol. The quantitative estimate of drug-likeness (QED) is 0.843. The van der Waals surface area contributed by atoms with Crippen LogP contribution in [0.15, 0.2) is 48.8 Å². The fourth-order valence-corrected chi connectivity index (χ4v) is 2.15. The van der Waals surface area contributed by atoms with Gasteiger partial charge in [-0.15, -0.1) is 0 Å². The first-order valence-electron chi connectivity index (χ1n) is 6.71. The van der Waals surface area contributed by atoms with E-state index in [2.05, 4.69) is 12.2 Å². The molecule has 0 radical (unpaired) electrons. The molecule has 0 fully saturated rings. The summed E-state index contributed by atoms with van der Waals surface area (Å²) in [4.78, 5) is 12.0. The largest absolute Gasteiger partial charge is 0.319 e. The van der Waals surface area contributed by atoms with Crippen LogP contribution in [-0.2, 0) is 17.8 Å². The minimum absolute atomic E-state index is 0.0914. The second-order valence-electron chi connectivity index (χ2n) is 4.66. The number of carbonyl (C=O) groups is 1. The molecule has 0 saturated carbocycles. The summed E-state index contributed by atoms with van der Waals surface area (Å²) in [7, 11) is 0. The molecule has 0 aliphatic carbocycles. The van der Waals surface area contributed by atoms with Gasteiger partial charge in [0.15, 0.2) is 12.4 Å². The molecule has 0 bridgehead atoms. The predicted molar refractivity (Wildman–Crippen MR) is 80.7 cm³/mol. The van der Waals surface area contributed by atoms with Gasteiger partial charge in [-0.05, 0) is 24.1 Å². The van der Waals surface area contributed by atoms with Crippen LogP contribution in [0.2, 0.25) is 5.02 Å². The number of rotatable bonds is 5. The first kappa shape index (κ1) is 14.5. The molecule has 0 atom stereocenters. The number of carbonyl (C=O) groups excluding carboxylic acids is 1. The van der Waals surface area contributed by atoms with Gasteiger partial charge in [0.2, 0.25) is 6.54 Å². The van der Waals surface area contributed by atoms with Crippen molar-refractivity contribution in [2.45, 2.75) is 26.3 Å². The van der Waals surface area contributed by atoms with Gasteiger partial charge in [-0.2, -0.15) is 4.57 Å². The summed E-state index contributed by atoms with van der Waals surface area (Å²) in [5.74, 6) is -0.0914. The van der Waals surface area contributed by atoms with E-state index < -0.39 is 0 Å². The second kappa shape index (κ2) is 7.06. The van der Waals surface area contributed by atoms with E-state index in [1.54, 1.807) is 12.1 Å². The summed E-state index contributed by atoms with van der Waals surface area (Å²) in [6.07, 6.45) is 6.04. The number of halogens is 1. The van der Waals surface area contributed by atoms with Crippen molar-refractivity contribution in [2.24, 2.45) is 0 Å². The van der Waals surface area contributed by atoms with Crippen molar-refractivity contribution in [1.82, 2.24) is 0 Å². The van der Waals surface area contributed by atoms with E-state index >= 15 is 0 Å². The topological polar surface area (TPSA) is 33.0 Å². The number of hydrogen-bond acceptors (Lipinski definition) is 1. The highest BCUT2D eigenvalue weighted by Gasteiger charge is 2.10. The fraction of sp³-hybridized carbons (Fsp3) is 0.250. The number of amides is 1. The Balaban J connectivity index is 1.96. The Morgan fingerprint density at radius 1 is 1.20 bits per heavy atom. The Labute approximate surface area is 124 Å². The van der Waals surface area contributed by atoms with E-state index in [-0.39, 0.29) is 12.5 Å². The van der Waals surface area contributed by atoms with Crippen LogP contribution < -0.4 is 9.88 Å². The van der Waals surface area contributed by atoms with Crippen molar-refractivity contribution in [3.8, 4) is 0 Å². The Hall–Kier alpha value is -1.87. The van der Waals surface area contributed by atoms with E-state index in [4.69, 9.17) is 11.6 Å². The molecule has 1 N–H and O–H groups in total. The standard InChI is InChI=1S/C16H17ClN2O/c1-2-5-13-8-10-19(11-9-13)12-16(20)18-15-7-4-3-6-14(15)17/h3-4,6-11H,2,5,12H2,1H3/p+1. The number of nitrogens with zero attached hydrogens (tertiary/aromatic N) is 1. The third-order valence-corrected chi connectivity index (χ3v) is 3.30. The molecule has 2 rings (SSSR count). The summed E-state index contributed by atoms with van der Waals surface area (Å²) >= 11 is 6.01. The summed E-state index contributed by atoms with van der Waals surface area (Å²) < 4.78 is 1.85. The van der Waals surface area contributed by atoms with Crippen LogP contribution in [0.1, 0.15) is 18.9 Å². The molecule has 1 heterocycles. The third-order valence-electron chi connectivity index (χ3n) is 2.97. The normalized spacial score (nSPS) is 10.3. The van der Waals surface area contributed by atoms with Crippen LogP contribution >= 0.6 is 11.6 Å². The molecule has 2 aromatic rings. The number of hydrogen-bond donors (Lipinski definition) is 1. The average molecular weight is 290 g/mol. The number of pyridine rings is 1. The summed E-state index contributed by atoms with van der Waals surface area (Å²) in [5, 5.41) is 3.35. The lowest BCUT2D eigenvalue weighted by Gasteiger charge is -2.05. The van der Waals surface area contributed by atoms with Gasteiger partial charge in [0.05, 0.1) is 10.7 Å². The van der Waals surface area contributed by atoms with Gasteiger partial charge in [-0.25, -0.2) is 0 Å². The number of nitrogens with one attached hydrogen (secondary N) is 1. The highest BCUT2D eigenvalue weighted by Crippen LogP contribution is 2.20. The van der Waals surface area contributed by atoms with Crippen molar-refractivity contribution in [3.05, 3.63) is 59.4 Å². The summed E-state index contributed by atoms with van der Waals surface area (Å²) in [6, 6.07) is 11.3. The summed E-state index contributed by atoms with van der Waals surface area (Å²) in [5.41, 5.74) is 1.93. The number of anilines is 1. The van der Waals surface area contributed by atoms with Crippen molar-refractivity contribution in [3.63, 3.8) is 0 Å². The van der Waals surface area contributed by atoms with Crippen LogP contribution in [0.5, 0.6) is 0 Å². The lowest BCUT2D eigenvalue weighted by Crippen LogP contribution is -2.39. The molecule has 20 heavy (non-hydrogen) atoms. The van der Waals surface area contributed by atoms with E-state index in [0.29, 0.717) is 10.7 Å². The van der Waals surface area contributed by atoms with Gasteiger partial charge < -0.3 is 5.32 Å². The van der Waals surface area contributed by atoms with Crippen molar-refractivity contribution < 1.29 is 9.36 Å². The van der Waals surface area contributed by atoms with Crippen molar-refractivity contribution in [1.29, 1.82) is 0 Å². The molecule has 3 nitrogen and oxygen atoms in total. The second-order valence-corrected chi connectivity index (χ2v) is 5.06. The Morgan fingerprint density at radius 2 is 1.90 bits per heavy atom. The van der Waals surface area contributed by atoms with Gasteiger partial charge in [-0.1, -0.05) is 37.1 Å². The van der Waals surface area contributed by atoms with E-state index in [1.807, 2.05) is 41.2 Å². The highest BCUT2D eigenvalue weighted by atomic mass is 35.5. The van der Waals surface area contributed by atoms with Gasteiger partial charge in [-0.3, -0.25) is 4.79 Å². The first-order chi connectivity index (χ1) is 9.69. The van der Waals surface area contributed by atoms with Gasteiger partial charge in [0.1, 0.15) is 0 Å². The minimum Gasteiger partial charge on any atom is -0.319 e. The maximum Gasteiger partial charge on any atom is 0.290 e. The Morgan fingerprint density at radius 3 is 2.55 bits per heavy atom.